The third-order valence-electron chi connectivity index (χ3n) is 3.82. The zero-order valence-electron chi connectivity index (χ0n) is 15.9. The maximum Gasteiger partial charge on any atom is 0.303 e. The Bertz CT molecular complexity index is 719. The van der Waals surface area contributed by atoms with E-state index in [0.717, 1.165) is 31.4 Å². The van der Waals surface area contributed by atoms with Crippen LogP contribution in [0.25, 0.3) is 10.8 Å². The summed E-state index contributed by atoms with van der Waals surface area (Å²) in [5.41, 5.74) is 16.7. The van der Waals surface area contributed by atoms with Crippen molar-refractivity contribution in [2.75, 3.05) is 12.3 Å². The largest absolute Gasteiger partial charge is 0.481 e. The van der Waals surface area contributed by atoms with Gasteiger partial charge in [-0.25, -0.2) is 0 Å². The van der Waals surface area contributed by atoms with E-state index in [4.69, 9.17) is 27.0 Å². The molecule has 0 aromatic heterocycles. The predicted molar refractivity (Wildman–Crippen MR) is 111 cm³/mol. The number of hydrogen-bond donors (Lipinski definition) is 4. The van der Waals surface area contributed by atoms with Crippen LogP contribution in [0, 0.1) is 0 Å². The van der Waals surface area contributed by atoms with E-state index < -0.39 is 11.7 Å². The lowest BCUT2D eigenvalue weighted by atomic mass is 10.1. The van der Waals surface area contributed by atoms with Crippen molar-refractivity contribution in [1.29, 1.82) is 0 Å². The van der Waals surface area contributed by atoms with Crippen molar-refractivity contribution in [1.82, 2.24) is 0 Å². The minimum atomic E-state index is -0.716. The highest BCUT2D eigenvalue weighted by Crippen LogP contribution is 2.16. The molecule has 0 aliphatic carbocycles. The number of fused-ring (bicyclic) bond motifs is 1. The monoisotopic (exact) mass is 373 g/mol. The Balaban J connectivity index is 0.000000208. The van der Waals surface area contributed by atoms with Gasteiger partial charge >= 0.3 is 5.97 Å². The maximum atomic E-state index is 9.93. The van der Waals surface area contributed by atoms with Gasteiger partial charge < -0.3 is 21.3 Å². The lowest BCUT2D eigenvalue weighted by Crippen LogP contribution is -2.34. The van der Waals surface area contributed by atoms with Gasteiger partial charge in [0.05, 0.1) is 6.26 Å². The second-order valence-corrected chi connectivity index (χ2v) is 6.61. The number of carbonyl (C=O) groups is 1. The highest BCUT2D eigenvalue weighted by molar-refractivity contribution is 5.85. The first kappa shape index (κ1) is 22.5. The fraction of sp³-hybridized carbons (Fsp3) is 0.381. The van der Waals surface area contributed by atoms with E-state index in [1.54, 1.807) is 6.26 Å². The van der Waals surface area contributed by atoms with E-state index in [1.165, 1.54) is 10.8 Å². The fourth-order valence-electron chi connectivity index (χ4n) is 2.34. The van der Waals surface area contributed by atoms with Gasteiger partial charge in [-0.1, -0.05) is 36.8 Å². The van der Waals surface area contributed by atoms with Gasteiger partial charge in [-0.3, -0.25) is 10.5 Å². The second kappa shape index (κ2) is 11.9. The van der Waals surface area contributed by atoms with Crippen LogP contribution in [0.5, 0.6) is 0 Å². The number of carboxylic acid groups (broad SMARTS) is 1. The molecule has 3 rings (SSSR count). The smallest absolute Gasteiger partial charge is 0.303 e. The van der Waals surface area contributed by atoms with Crippen molar-refractivity contribution in [2.45, 2.75) is 44.8 Å². The molecule has 27 heavy (non-hydrogen) atoms. The van der Waals surface area contributed by atoms with E-state index >= 15 is 0 Å². The molecule has 0 fully saturated rings. The normalized spacial score (nSPS) is 17.3. The molecule has 0 saturated carbocycles. The van der Waals surface area contributed by atoms with Crippen molar-refractivity contribution >= 4 is 22.4 Å². The number of unbranched alkanes of at least 4 members (excludes halogenated alkanes) is 2. The first-order valence-corrected chi connectivity index (χ1v) is 9.12. The Morgan fingerprint density at radius 2 is 1.85 bits per heavy atom. The summed E-state index contributed by atoms with van der Waals surface area (Å²) in [4.78, 5) is 9.93. The number of hydrogen-bond acceptors (Lipinski definition) is 5. The van der Waals surface area contributed by atoms with Gasteiger partial charge in [-0.15, -0.1) is 0 Å². The van der Waals surface area contributed by atoms with Crippen LogP contribution in [0.2, 0.25) is 0 Å². The van der Waals surface area contributed by atoms with E-state index in [1.807, 2.05) is 43.3 Å². The van der Waals surface area contributed by atoms with Gasteiger partial charge in [0.1, 0.15) is 0 Å². The summed E-state index contributed by atoms with van der Waals surface area (Å²) in [5, 5.41) is 10.6. The molecule has 1 unspecified atom stereocenters. The van der Waals surface area contributed by atoms with Crippen LogP contribution in [-0.4, -0.2) is 23.3 Å². The molecule has 1 heterocycles. The van der Waals surface area contributed by atoms with E-state index in [9.17, 15) is 4.79 Å². The zero-order valence-corrected chi connectivity index (χ0v) is 15.9. The van der Waals surface area contributed by atoms with Gasteiger partial charge in [0.2, 0.25) is 0 Å². The Labute approximate surface area is 161 Å². The van der Waals surface area contributed by atoms with Crippen LogP contribution >= 0.6 is 0 Å². The number of rotatable bonds is 5. The Morgan fingerprint density at radius 3 is 2.37 bits per heavy atom. The first-order chi connectivity index (χ1) is 12.8. The summed E-state index contributed by atoms with van der Waals surface area (Å²) in [6.45, 7) is 2.52. The van der Waals surface area contributed by atoms with Gasteiger partial charge in [0, 0.05) is 18.5 Å². The third kappa shape index (κ3) is 10.2. The van der Waals surface area contributed by atoms with E-state index in [2.05, 4.69) is 12.1 Å². The number of carboxylic acids is 1. The van der Waals surface area contributed by atoms with Crippen LogP contribution in [0.3, 0.4) is 0 Å². The summed E-state index contributed by atoms with van der Waals surface area (Å²) in [7, 11) is 0. The molecule has 148 valence electrons. The maximum absolute atomic E-state index is 9.93. The molecule has 0 amide bonds. The average Bonchev–Trinajstić information content (AvgIpc) is 3.04. The molecule has 6 heteroatoms. The Hall–Kier alpha value is -2.57. The fourth-order valence-corrected chi connectivity index (χ4v) is 2.34. The quantitative estimate of drug-likeness (QED) is 0.469. The summed E-state index contributed by atoms with van der Waals surface area (Å²) >= 11 is 0. The van der Waals surface area contributed by atoms with Crippen LogP contribution in [0.4, 0.5) is 5.69 Å². The average molecular weight is 373 g/mol. The molecule has 0 saturated heterocycles. The number of aliphatic carboxylic acids is 1. The molecule has 0 bridgehead atoms. The number of anilines is 1. The van der Waals surface area contributed by atoms with E-state index in [-0.39, 0.29) is 6.42 Å². The molecular formula is C21H31N3O3. The summed E-state index contributed by atoms with van der Waals surface area (Å²) in [6.07, 6.45) is 7.29. The van der Waals surface area contributed by atoms with Crippen molar-refractivity contribution in [3.63, 3.8) is 0 Å². The van der Waals surface area contributed by atoms with Gasteiger partial charge in [0.25, 0.3) is 0 Å². The molecule has 7 N–H and O–H groups in total. The first-order valence-electron chi connectivity index (χ1n) is 9.12. The Kier molecular flexibility index (Phi) is 9.93. The van der Waals surface area contributed by atoms with E-state index in [0.29, 0.717) is 6.54 Å². The van der Waals surface area contributed by atoms with Crippen molar-refractivity contribution in [2.24, 2.45) is 11.5 Å². The van der Waals surface area contributed by atoms with Crippen molar-refractivity contribution in [3.05, 3.63) is 54.8 Å². The standard InChI is InChI=1S/C10H9N.C6H13NO2.C5H9NO/c11-10-6-5-8-3-1-2-4-9(8)7-10;7-5-3-1-2-4-6(8)9;1-5(6)3-2-4-7-5/h1-7H,11H2;1-5,7H2,(H,8,9);2,4H,3,6H2,1H3. The molecule has 6 nitrogen and oxygen atoms in total. The molecule has 0 spiro atoms. The van der Waals surface area contributed by atoms with Gasteiger partial charge in [-0.05, 0) is 55.3 Å². The summed E-state index contributed by atoms with van der Waals surface area (Å²) < 4.78 is 4.94. The number of nitrogen functional groups attached to an aromatic ring is 1. The highest BCUT2D eigenvalue weighted by atomic mass is 16.5. The molecule has 2 aromatic rings. The molecular weight excluding hydrogens is 342 g/mol. The Morgan fingerprint density at radius 1 is 1.15 bits per heavy atom. The van der Waals surface area contributed by atoms with Gasteiger partial charge in [-0.2, -0.15) is 0 Å². The lowest BCUT2D eigenvalue weighted by molar-refractivity contribution is -0.137. The van der Waals surface area contributed by atoms with Crippen LogP contribution < -0.4 is 17.2 Å². The SMILES string of the molecule is CC1(N)CC=CO1.NCCCCCC(=O)O.Nc1ccc2ccccc2c1. The zero-order chi connectivity index (χ0) is 20.1. The highest BCUT2D eigenvalue weighted by Gasteiger charge is 2.19. The summed E-state index contributed by atoms with van der Waals surface area (Å²) in [5.74, 6) is -0.716. The summed E-state index contributed by atoms with van der Waals surface area (Å²) in [6, 6.07) is 14.1. The number of ether oxygens (including phenoxy) is 1. The van der Waals surface area contributed by atoms with Crippen molar-refractivity contribution in [3.8, 4) is 0 Å². The predicted octanol–water partition coefficient (Wildman–Crippen LogP) is 3.61. The molecule has 1 aliphatic heterocycles. The van der Waals surface area contributed by atoms with Gasteiger partial charge in [0.15, 0.2) is 5.72 Å². The molecule has 2 aromatic carbocycles. The minimum Gasteiger partial charge on any atom is -0.481 e. The topological polar surface area (TPSA) is 125 Å². The third-order valence-corrected chi connectivity index (χ3v) is 3.82. The lowest BCUT2D eigenvalue weighted by Gasteiger charge is -2.15. The van der Waals surface area contributed by atoms with Crippen molar-refractivity contribution < 1.29 is 14.6 Å². The molecule has 0 radical (unpaired) electrons. The molecule has 1 aliphatic rings. The number of nitrogens with two attached hydrogens (primary N) is 3. The van der Waals surface area contributed by atoms with Crippen LogP contribution in [0.1, 0.15) is 39.0 Å². The van der Waals surface area contributed by atoms with Crippen LogP contribution in [-0.2, 0) is 9.53 Å². The number of benzene rings is 2. The van der Waals surface area contributed by atoms with Crippen LogP contribution in [0.15, 0.2) is 54.8 Å². The second-order valence-electron chi connectivity index (χ2n) is 6.61. The molecule has 1 atom stereocenters. The minimum absolute atomic E-state index is 0.278.